The second-order valence-electron chi connectivity index (χ2n) is 4.19. The Labute approximate surface area is 102 Å². The van der Waals surface area contributed by atoms with Crippen molar-refractivity contribution < 1.29 is 4.74 Å². The molecule has 0 amide bonds. The molecule has 2 aromatic rings. The first-order valence-corrected chi connectivity index (χ1v) is 5.76. The van der Waals surface area contributed by atoms with Gasteiger partial charge in [-0.3, -0.25) is 0 Å². The van der Waals surface area contributed by atoms with Gasteiger partial charge in [0.1, 0.15) is 11.5 Å². The molecule has 2 N–H and O–H groups in total. The fourth-order valence-electron chi connectivity index (χ4n) is 1.74. The molecule has 0 spiro atoms. The molecule has 2 rings (SSSR count). The van der Waals surface area contributed by atoms with E-state index >= 15 is 0 Å². The minimum Gasteiger partial charge on any atom is -0.457 e. The zero-order valence-electron chi connectivity index (χ0n) is 10.2. The summed E-state index contributed by atoms with van der Waals surface area (Å²) in [6.45, 7) is 3.99. The van der Waals surface area contributed by atoms with Crippen molar-refractivity contribution in [1.82, 2.24) is 0 Å². The second kappa shape index (κ2) is 5.02. The fraction of sp³-hybridized carbons (Fsp3) is 0.200. The van der Waals surface area contributed by atoms with E-state index in [9.17, 15) is 0 Å². The van der Waals surface area contributed by atoms with Crippen LogP contribution in [0, 0.1) is 6.92 Å². The number of ether oxygens (including phenoxy) is 1. The first-order valence-electron chi connectivity index (χ1n) is 5.76. The van der Waals surface area contributed by atoms with Crippen LogP contribution in [0.15, 0.2) is 48.5 Å². The number of nitrogens with two attached hydrogens (primary N) is 1. The van der Waals surface area contributed by atoms with Gasteiger partial charge in [-0.2, -0.15) is 0 Å². The summed E-state index contributed by atoms with van der Waals surface area (Å²) in [7, 11) is 0. The predicted octanol–water partition coefficient (Wildman–Crippen LogP) is 3.81. The molecule has 0 aliphatic rings. The van der Waals surface area contributed by atoms with Crippen LogP contribution in [0.4, 0.5) is 0 Å². The van der Waals surface area contributed by atoms with E-state index in [1.807, 2.05) is 62.4 Å². The van der Waals surface area contributed by atoms with Gasteiger partial charge in [0.2, 0.25) is 0 Å². The maximum Gasteiger partial charge on any atom is 0.132 e. The molecular formula is C15H17NO. The minimum atomic E-state index is -0.0322. The van der Waals surface area contributed by atoms with Gasteiger partial charge in [-0.1, -0.05) is 36.4 Å². The van der Waals surface area contributed by atoms with Gasteiger partial charge in [-0.25, -0.2) is 0 Å². The molecule has 2 nitrogen and oxygen atoms in total. The van der Waals surface area contributed by atoms with Gasteiger partial charge < -0.3 is 10.5 Å². The number of benzene rings is 2. The summed E-state index contributed by atoms with van der Waals surface area (Å²) < 4.78 is 5.92. The highest BCUT2D eigenvalue weighted by Gasteiger charge is 2.08. The van der Waals surface area contributed by atoms with Crippen LogP contribution in [0.25, 0.3) is 0 Å². The van der Waals surface area contributed by atoms with Crippen molar-refractivity contribution in [3.63, 3.8) is 0 Å². The lowest BCUT2D eigenvalue weighted by Crippen LogP contribution is -2.06. The highest BCUT2D eigenvalue weighted by molar-refractivity contribution is 5.41. The topological polar surface area (TPSA) is 35.2 Å². The van der Waals surface area contributed by atoms with Crippen LogP contribution in [0.3, 0.4) is 0 Å². The van der Waals surface area contributed by atoms with Crippen LogP contribution in [-0.4, -0.2) is 0 Å². The van der Waals surface area contributed by atoms with Crippen molar-refractivity contribution in [1.29, 1.82) is 0 Å². The molecule has 0 heterocycles. The molecule has 0 unspecified atom stereocenters. The SMILES string of the molecule is Cc1ccccc1Oc1ccccc1[C@H](C)N. The molecule has 0 fully saturated rings. The first kappa shape index (κ1) is 11.7. The molecule has 0 saturated carbocycles. The highest BCUT2D eigenvalue weighted by Crippen LogP contribution is 2.30. The van der Waals surface area contributed by atoms with Crippen LogP contribution in [0.5, 0.6) is 11.5 Å². The van der Waals surface area contributed by atoms with Crippen LogP contribution in [0.1, 0.15) is 24.1 Å². The summed E-state index contributed by atoms with van der Waals surface area (Å²) in [6, 6.07) is 15.8. The van der Waals surface area contributed by atoms with Crippen molar-refractivity contribution in [2.75, 3.05) is 0 Å². The Balaban J connectivity index is 2.34. The monoisotopic (exact) mass is 227 g/mol. The summed E-state index contributed by atoms with van der Waals surface area (Å²) in [5.41, 5.74) is 8.07. The summed E-state index contributed by atoms with van der Waals surface area (Å²) in [4.78, 5) is 0. The summed E-state index contributed by atoms with van der Waals surface area (Å²) in [5.74, 6) is 1.71. The molecule has 88 valence electrons. The van der Waals surface area contributed by atoms with Gasteiger partial charge in [0.25, 0.3) is 0 Å². The average Bonchev–Trinajstić information content (AvgIpc) is 2.32. The van der Waals surface area contributed by atoms with Gasteiger partial charge in [0.15, 0.2) is 0 Å². The number of para-hydroxylation sites is 2. The van der Waals surface area contributed by atoms with Gasteiger partial charge in [-0.05, 0) is 31.5 Å². The third-order valence-electron chi connectivity index (χ3n) is 2.72. The molecule has 17 heavy (non-hydrogen) atoms. The van der Waals surface area contributed by atoms with Crippen molar-refractivity contribution in [2.45, 2.75) is 19.9 Å². The van der Waals surface area contributed by atoms with Gasteiger partial charge in [0, 0.05) is 11.6 Å². The van der Waals surface area contributed by atoms with Gasteiger partial charge in [-0.15, -0.1) is 0 Å². The fourth-order valence-corrected chi connectivity index (χ4v) is 1.74. The van der Waals surface area contributed by atoms with E-state index in [1.165, 1.54) is 0 Å². The maximum absolute atomic E-state index is 5.93. The largest absolute Gasteiger partial charge is 0.457 e. The van der Waals surface area contributed by atoms with Crippen LogP contribution in [-0.2, 0) is 0 Å². The van der Waals surface area contributed by atoms with Crippen LogP contribution < -0.4 is 10.5 Å². The summed E-state index contributed by atoms with van der Waals surface area (Å²) in [6.07, 6.45) is 0. The molecule has 2 aromatic carbocycles. The molecule has 0 aromatic heterocycles. The zero-order valence-corrected chi connectivity index (χ0v) is 10.2. The Hall–Kier alpha value is -1.80. The predicted molar refractivity (Wildman–Crippen MR) is 70.3 cm³/mol. The molecule has 1 atom stereocenters. The number of hydrogen-bond donors (Lipinski definition) is 1. The number of hydrogen-bond acceptors (Lipinski definition) is 2. The lowest BCUT2D eigenvalue weighted by Gasteiger charge is -2.14. The zero-order chi connectivity index (χ0) is 12.3. The van der Waals surface area contributed by atoms with Crippen molar-refractivity contribution in [3.8, 4) is 11.5 Å². The highest BCUT2D eigenvalue weighted by atomic mass is 16.5. The van der Waals surface area contributed by atoms with Gasteiger partial charge >= 0.3 is 0 Å². The minimum absolute atomic E-state index is 0.0322. The Bertz CT molecular complexity index is 506. The quantitative estimate of drug-likeness (QED) is 0.865. The van der Waals surface area contributed by atoms with E-state index in [2.05, 4.69) is 0 Å². The third kappa shape index (κ3) is 2.66. The standard InChI is InChI=1S/C15H17NO/c1-11-7-3-5-9-14(11)17-15-10-6-4-8-13(15)12(2)16/h3-10,12H,16H2,1-2H3/t12-/m0/s1. The van der Waals surface area contributed by atoms with Crippen LogP contribution in [0.2, 0.25) is 0 Å². The number of rotatable bonds is 3. The first-order chi connectivity index (χ1) is 8.18. The molecule has 2 heteroatoms. The molecule has 0 aliphatic carbocycles. The smallest absolute Gasteiger partial charge is 0.132 e. The van der Waals surface area contributed by atoms with Crippen LogP contribution >= 0.6 is 0 Å². The lowest BCUT2D eigenvalue weighted by atomic mass is 10.1. The van der Waals surface area contributed by atoms with Crippen molar-refractivity contribution in [3.05, 3.63) is 59.7 Å². The summed E-state index contributed by atoms with van der Waals surface area (Å²) in [5, 5.41) is 0. The van der Waals surface area contributed by atoms with E-state index < -0.39 is 0 Å². The Kier molecular flexibility index (Phi) is 3.45. The van der Waals surface area contributed by atoms with Crippen molar-refractivity contribution in [2.24, 2.45) is 5.73 Å². The lowest BCUT2D eigenvalue weighted by molar-refractivity contribution is 0.468. The van der Waals surface area contributed by atoms with E-state index in [-0.39, 0.29) is 6.04 Å². The Morgan fingerprint density at radius 2 is 1.53 bits per heavy atom. The van der Waals surface area contributed by atoms with E-state index in [1.54, 1.807) is 0 Å². The molecule has 0 aliphatic heterocycles. The number of aryl methyl sites for hydroxylation is 1. The summed E-state index contributed by atoms with van der Waals surface area (Å²) >= 11 is 0. The average molecular weight is 227 g/mol. The van der Waals surface area contributed by atoms with Gasteiger partial charge in [0.05, 0.1) is 0 Å². The molecule has 0 radical (unpaired) electrons. The normalized spacial score (nSPS) is 12.2. The third-order valence-corrected chi connectivity index (χ3v) is 2.72. The van der Waals surface area contributed by atoms with Crippen molar-refractivity contribution >= 4 is 0 Å². The second-order valence-corrected chi connectivity index (χ2v) is 4.19. The Morgan fingerprint density at radius 1 is 0.941 bits per heavy atom. The maximum atomic E-state index is 5.93. The molecule has 0 bridgehead atoms. The molecular weight excluding hydrogens is 210 g/mol. The van der Waals surface area contributed by atoms with E-state index in [4.69, 9.17) is 10.5 Å². The van der Waals surface area contributed by atoms with E-state index in [0.717, 1.165) is 22.6 Å². The van der Waals surface area contributed by atoms with E-state index in [0.29, 0.717) is 0 Å². The molecule has 0 saturated heterocycles. The Morgan fingerprint density at radius 3 is 2.18 bits per heavy atom.